The largest absolute Gasteiger partial charge is 0.0617 e. The molecule has 0 bridgehead atoms. The lowest BCUT2D eigenvalue weighted by Gasteiger charge is -2.16. The van der Waals surface area contributed by atoms with Crippen molar-refractivity contribution in [1.29, 1.82) is 0 Å². The highest BCUT2D eigenvalue weighted by molar-refractivity contribution is 5.37. The first-order valence-electron chi connectivity index (χ1n) is 6.89. The molecule has 0 aliphatic heterocycles. The molecule has 1 aliphatic rings. The van der Waals surface area contributed by atoms with E-state index >= 15 is 0 Å². The van der Waals surface area contributed by atoms with Gasteiger partial charge >= 0.3 is 0 Å². The van der Waals surface area contributed by atoms with E-state index < -0.39 is 0 Å². The Kier molecular flexibility index (Phi) is 4.04. The van der Waals surface area contributed by atoms with Gasteiger partial charge in [-0.25, -0.2) is 0 Å². The Hall–Kier alpha value is -0.780. The Balaban J connectivity index is 2.32. The van der Waals surface area contributed by atoms with Gasteiger partial charge in [-0.05, 0) is 48.3 Å². The molecular formula is C16H24. The second-order valence-electron chi connectivity index (χ2n) is 5.41. The topological polar surface area (TPSA) is 0 Å². The van der Waals surface area contributed by atoms with E-state index in [1.807, 2.05) is 0 Å². The number of fused-ring (bicyclic) bond motifs is 1. The van der Waals surface area contributed by atoms with E-state index in [1.165, 1.54) is 44.9 Å². The number of rotatable bonds is 1. The Labute approximate surface area is 100 Å². The summed E-state index contributed by atoms with van der Waals surface area (Å²) < 4.78 is 0. The van der Waals surface area contributed by atoms with Crippen LogP contribution in [0.1, 0.15) is 68.6 Å². The summed E-state index contributed by atoms with van der Waals surface area (Å²) in [6.07, 6.45) is 9.66. The summed E-state index contributed by atoms with van der Waals surface area (Å²) in [5, 5.41) is 0. The lowest BCUT2D eigenvalue weighted by atomic mass is 9.89. The molecule has 0 heteroatoms. The average molecular weight is 216 g/mol. The van der Waals surface area contributed by atoms with E-state index in [-0.39, 0.29) is 0 Å². The van der Waals surface area contributed by atoms with Gasteiger partial charge in [0.25, 0.3) is 0 Å². The van der Waals surface area contributed by atoms with Crippen LogP contribution in [0.3, 0.4) is 0 Å². The van der Waals surface area contributed by atoms with Crippen molar-refractivity contribution in [3.05, 3.63) is 34.9 Å². The minimum absolute atomic E-state index is 0.677. The van der Waals surface area contributed by atoms with Crippen LogP contribution in [-0.2, 0) is 12.8 Å². The fraction of sp³-hybridized carbons (Fsp3) is 0.625. The van der Waals surface area contributed by atoms with Gasteiger partial charge in [0, 0.05) is 0 Å². The van der Waals surface area contributed by atoms with Crippen molar-refractivity contribution >= 4 is 0 Å². The predicted molar refractivity (Wildman–Crippen MR) is 71.0 cm³/mol. The smallest absolute Gasteiger partial charge is 0.0216 e. The Bertz CT molecular complexity index is 336. The number of hydrogen-bond acceptors (Lipinski definition) is 0. The minimum Gasteiger partial charge on any atom is -0.0617 e. The molecule has 0 nitrogen and oxygen atoms in total. The maximum Gasteiger partial charge on any atom is -0.0216 e. The van der Waals surface area contributed by atoms with Crippen LogP contribution in [0, 0.1) is 0 Å². The highest BCUT2D eigenvalue weighted by Crippen LogP contribution is 2.27. The molecule has 16 heavy (non-hydrogen) atoms. The molecule has 0 fully saturated rings. The van der Waals surface area contributed by atoms with E-state index in [9.17, 15) is 0 Å². The number of aryl methyl sites for hydroxylation is 1. The first kappa shape index (κ1) is 11.7. The van der Waals surface area contributed by atoms with Gasteiger partial charge in [-0.15, -0.1) is 0 Å². The summed E-state index contributed by atoms with van der Waals surface area (Å²) in [5.41, 5.74) is 4.91. The van der Waals surface area contributed by atoms with Crippen molar-refractivity contribution in [2.45, 2.75) is 64.7 Å². The SMILES string of the molecule is CC(C)c1cccc2c1CCCCCCC2. The van der Waals surface area contributed by atoms with Crippen molar-refractivity contribution in [3.8, 4) is 0 Å². The molecule has 1 aliphatic carbocycles. The van der Waals surface area contributed by atoms with Gasteiger partial charge in [0.15, 0.2) is 0 Å². The molecule has 0 N–H and O–H groups in total. The fourth-order valence-electron chi connectivity index (χ4n) is 2.88. The molecule has 2 rings (SSSR count). The predicted octanol–water partition coefficient (Wildman–Crippen LogP) is 4.86. The quantitative estimate of drug-likeness (QED) is 0.629. The van der Waals surface area contributed by atoms with E-state index in [1.54, 1.807) is 16.7 Å². The summed E-state index contributed by atoms with van der Waals surface area (Å²) in [5.74, 6) is 0.677. The fourth-order valence-corrected chi connectivity index (χ4v) is 2.88. The zero-order chi connectivity index (χ0) is 11.4. The van der Waals surface area contributed by atoms with Gasteiger partial charge < -0.3 is 0 Å². The molecule has 0 amide bonds. The lowest BCUT2D eigenvalue weighted by Crippen LogP contribution is -2.01. The van der Waals surface area contributed by atoms with E-state index in [0.29, 0.717) is 5.92 Å². The third kappa shape index (κ3) is 2.66. The molecule has 0 atom stereocenters. The molecule has 0 spiro atoms. The van der Waals surface area contributed by atoms with Gasteiger partial charge in [-0.3, -0.25) is 0 Å². The van der Waals surface area contributed by atoms with E-state index in [4.69, 9.17) is 0 Å². The van der Waals surface area contributed by atoms with Gasteiger partial charge in [0.05, 0.1) is 0 Å². The van der Waals surface area contributed by atoms with Crippen LogP contribution in [0.4, 0.5) is 0 Å². The van der Waals surface area contributed by atoms with Crippen LogP contribution in [-0.4, -0.2) is 0 Å². The first-order valence-corrected chi connectivity index (χ1v) is 6.89. The normalized spacial score (nSPS) is 17.4. The van der Waals surface area contributed by atoms with Crippen molar-refractivity contribution in [1.82, 2.24) is 0 Å². The van der Waals surface area contributed by atoms with Crippen LogP contribution in [0.5, 0.6) is 0 Å². The summed E-state index contributed by atoms with van der Waals surface area (Å²) in [4.78, 5) is 0. The molecular weight excluding hydrogens is 192 g/mol. The van der Waals surface area contributed by atoms with Gasteiger partial charge in [0.2, 0.25) is 0 Å². The van der Waals surface area contributed by atoms with E-state index in [2.05, 4.69) is 32.0 Å². The van der Waals surface area contributed by atoms with Crippen LogP contribution < -0.4 is 0 Å². The van der Waals surface area contributed by atoms with Crippen LogP contribution in [0.2, 0.25) is 0 Å². The highest BCUT2D eigenvalue weighted by atomic mass is 14.2. The molecule has 0 heterocycles. The molecule has 1 aromatic rings. The Morgan fingerprint density at radius 2 is 1.56 bits per heavy atom. The molecule has 0 saturated heterocycles. The Morgan fingerprint density at radius 1 is 0.875 bits per heavy atom. The van der Waals surface area contributed by atoms with Crippen molar-refractivity contribution < 1.29 is 0 Å². The minimum atomic E-state index is 0.677. The van der Waals surface area contributed by atoms with Crippen molar-refractivity contribution in [3.63, 3.8) is 0 Å². The molecule has 0 radical (unpaired) electrons. The summed E-state index contributed by atoms with van der Waals surface area (Å²) >= 11 is 0. The molecule has 1 aromatic carbocycles. The monoisotopic (exact) mass is 216 g/mol. The van der Waals surface area contributed by atoms with Gasteiger partial charge in [-0.1, -0.05) is 51.3 Å². The van der Waals surface area contributed by atoms with Crippen molar-refractivity contribution in [2.75, 3.05) is 0 Å². The molecule has 0 unspecified atom stereocenters. The summed E-state index contributed by atoms with van der Waals surface area (Å²) in [6, 6.07) is 6.94. The average Bonchev–Trinajstić information content (AvgIpc) is 2.39. The van der Waals surface area contributed by atoms with Crippen LogP contribution >= 0.6 is 0 Å². The van der Waals surface area contributed by atoms with Crippen LogP contribution in [0.25, 0.3) is 0 Å². The maximum absolute atomic E-state index is 2.35. The lowest BCUT2D eigenvalue weighted by molar-refractivity contribution is 0.628. The summed E-state index contributed by atoms with van der Waals surface area (Å²) in [6.45, 7) is 4.64. The summed E-state index contributed by atoms with van der Waals surface area (Å²) in [7, 11) is 0. The van der Waals surface area contributed by atoms with Crippen molar-refractivity contribution in [2.24, 2.45) is 0 Å². The second-order valence-corrected chi connectivity index (χ2v) is 5.41. The van der Waals surface area contributed by atoms with Gasteiger partial charge in [-0.2, -0.15) is 0 Å². The molecule has 0 saturated carbocycles. The zero-order valence-electron chi connectivity index (χ0n) is 10.8. The third-order valence-corrected chi connectivity index (χ3v) is 3.80. The number of benzene rings is 1. The second kappa shape index (κ2) is 5.52. The Morgan fingerprint density at radius 3 is 2.31 bits per heavy atom. The third-order valence-electron chi connectivity index (χ3n) is 3.80. The maximum atomic E-state index is 2.35. The standard InChI is InChI=1S/C16H24/c1-13(2)15-12-8-10-14-9-6-4-3-5-7-11-16(14)15/h8,10,12-13H,3-7,9,11H2,1-2H3. The molecule has 88 valence electrons. The zero-order valence-corrected chi connectivity index (χ0v) is 10.8. The van der Waals surface area contributed by atoms with E-state index in [0.717, 1.165) is 0 Å². The van der Waals surface area contributed by atoms with Crippen LogP contribution in [0.15, 0.2) is 18.2 Å². The molecule has 0 aromatic heterocycles. The van der Waals surface area contributed by atoms with Gasteiger partial charge in [0.1, 0.15) is 0 Å². The highest BCUT2D eigenvalue weighted by Gasteiger charge is 2.11. The number of hydrogen-bond donors (Lipinski definition) is 0. The first-order chi connectivity index (χ1) is 7.79.